The van der Waals surface area contributed by atoms with Crippen LogP contribution >= 0.6 is 12.6 Å². The van der Waals surface area contributed by atoms with Gasteiger partial charge in [-0.15, -0.1) is 12.6 Å². The first-order chi connectivity index (χ1) is 12.1. The molecule has 25 heavy (non-hydrogen) atoms. The fourth-order valence-electron chi connectivity index (χ4n) is 2.47. The first-order valence-electron chi connectivity index (χ1n) is 7.67. The van der Waals surface area contributed by atoms with Gasteiger partial charge in [-0.3, -0.25) is 15.8 Å². The van der Waals surface area contributed by atoms with E-state index < -0.39 is 0 Å². The van der Waals surface area contributed by atoms with Crippen LogP contribution in [0, 0.1) is 10.8 Å². The van der Waals surface area contributed by atoms with Crippen molar-refractivity contribution in [2.45, 2.75) is 6.42 Å². The summed E-state index contributed by atoms with van der Waals surface area (Å²) in [6.45, 7) is 3.64. The molecule has 0 saturated heterocycles. The second-order valence-corrected chi connectivity index (χ2v) is 5.94. The lowest BCUT2D eigenvalue weighted by atomic mass is 10.1. The van der Waals surface area contributed by atoms with Gasteiger partial charge in [0.15, 0.2) is 0 Å². The molecule has 0 amide bonds. The molecule has 0 aliphatic heterocycles. The summed E-state index contributed by atoms with van der Waals surface area (Å²) in [5, 5.41) is 21.8. The van der Waals surface area contributed by atoms with Gasteiger partial charge in [-0.25, -0.2) is 4.68 Å². The molecular weight excluding hydrogens is 330 g/mol. The van der Waals surface area contributed by atoms with Gasteiger partial charge in [-0.2, -0.15) is 5.10 Å². The highest BCUT2D eigenvalue weighted by Crippen LogP contribution is 2.15. The van der Waals surface area contributed by atoms with Gasteiger partial charge < -0.3 is 0 Å². The monoisotopic (exact) mass is 347 g/mol. The highest BCUT2D eigenvalue weighted by Gasteiger charge is 2.08. The van der Waals surface area contributed by atoms with Crippen molar-refractivity contribution in [3.05, 3.63) is 84.1 Å². The maximum absolute atomic E-state index is 8.36. The zero-order valence-corrected chi connectivity index (χ0v) is 14.4. The summed E-state index contributed by atoms with van der Waals surface area (Å²) in [7, 11) is 0. The molecule has 6 heteroatoms. The lowest BCUT2D eigenvalue weighted by Crippen LogP contribution is -2.30. The minimum absolute atomic E-state index is 0.149. The predicted octanol–water partition coefficient (Wildman–Crippen LogP) is 3.44. The Morgan fingerprint density at radius 2 is 2.08 bits per heavy atom. The van der Waals surface area contributed by atoms with E-state index in [9.17, 15) is 0 Å². The lowest BCUT2D eigenvalue weighted by molar-refractivity contribution is 0.789. The molecule has 5 nitrogen and oxygen atoms in total. The molecule has 3 aromatic rings. The summed E-state index contributed by atoms with van der Waals surface area (Å²) >= 11 is 4.36. The Kier molecular flexibility index (Phi) is 4.90. The molecule has 0 radical (unpaired) electrons. The van der Waals surface area contributed by atoms with Gasteiger partial charge in [0.1, 0.15) is 11.3 Å². The van der Waals surface area contributed by atoms with Crippen molar-refractivity contribution in [2.75, 3.05) is 0 Å². The van der Waals surface area contributed by atoms with Crippen molar-refractivity contribution in [3.63, 3.8) is 0 Å². The number of thiol groups is 1. The maximum atomic E-state index is 8.36. The zero-order valence-electron chi connectivity index (χ0n) is 13.5. The van der Waals surface area contributed by atoms with E-state index in [1.165, 1.54) is 4.68 Å². The number of rotatable bonds is 4. The van der Waals surface area contributed by atoms with Crippen molar-refractivity contribution < 1.29 is 0 Å². The van der Waals surface area contributed by atoms with Crippen LogP contribution in [-0.4, -0.2) is 20.6 Å². The van der Waals surface area contributed by atoms with Gasteiger partial charge in [-0.1, -0.05) is 24.8 Å². The Balaban J connectivity index is 1.92. The van der Waals surface area contributed by atoms with Crippen LogP contribution in [0.1, 0.15) is 11.3 Å². The van der Waals surface area contributed by atoms with Crippen molar-refractivity contribution in [1.29, 1.82) is 10.8 Å². The van der Waals surface area contributed by atoms with Crippen LogP contribution < -0.4 is 5.49 Å². The smallest absolute Gasteiger partial charge is 0.148 e. The highest BCUT2D eigenvalue weighted by atomic mass is 32.1. The van der Waals surface area contributed by atoms with E-state index >= 15 is 0 Å². The Morgan fingerprint density at radius 3 is 2.88 bits per heavy atom. The van der Waals surface area contributed by atoms with Crippen LogP contribution in [0.15, 0.2) is 67.4 Å². The van der Waals surface area contributed by atoms with Crippen molar-refractivity contribution in [2.24, 2.45) is 0 Å². The summed E-state index contributed by atoms with van der Waals surface area (Å²) in [5.74, 6) is 0.217. The minimum Gasteiger partial charge on any atom is -0.286 e. The minimum atomic E-state index is 0.149. The van der Waals surface area contributed by atoms with E-state index in [4.69, 9.17) is 10.8 Å². The molecule has 0 fully saturated rings. The number of aromatic nitrogens is 3. The molecule has 0 atom stereocenters. The molecule has 0 aliphatic carbocycles. The molecule has 124 valence electrons. The van der Waals surface area contributed by atoms with Crippen LogP contribution in [0.2, 0.25) is 0 Å². The number of nitrogens with zero attached hydrogens (tertiary/aromatic N) is 3. The second kappa shape index (κ2) is 7.27. The SMILES string of the molecule is C=C/C=C(\S)c1ccc(=N)n(C(=N)Cc2ccc3ncccc3c2)n1. The molecule has 0 aliphatic rings. The van der Waals surface area contributed by atoms with Crippen LogP contribution in [0.5, 0.6) is 0 Å². The number of pyridine rings is 1. The third kappa shape index (κ3) is 3.75. The molecule has 0 saturated carbocycles. The summed E-state index contributed by atoms with van der Waals surface area (Å²) in [6.07, 6.45) is 5.47. The Labute approximate surface area is 150 Å². The summed E-state index contributed by atoms with van der Waals surface area (Å²) < 4.78 is 1.32. The first kappa shape index (κ1) is 16.9. The van der Waals surface area contributed by atoms with Gasteiger partial charge in [0, 0.05) is 22.9 Å². The normalized spacial score (nSPS) is 11.5. The maximum Gasteiger partial charge on any atom is 0.148 e. The summed E-state index contributed by atoms with van der Waals surface area (Å²) in [6, 6.07) is 13.1. The summed E-state index contributed by atoms with van der Waals surface area (Å²) in [5.41, 5.74) is 2.63. The Hall–Kier alpha value is -2.99. The third-order valence-electron chi connectivity index (χ3n) is 3.67. The van der Waals surface area contributed by atoms with Crippen LogP contribution in [0.25, 0.3) is 15.8 Å². The fraction of sp³-hybridized carbons (Fsp3) is 0.0526. The van der Waals surface area contributed by atoms with Gasteiger partial charge in [0.25, 0.3) is 0 Å². The van der Waals surface area contributed by atoms with E-state index in [-0.39, 0.29) is 11.3 Å². The molecule has 3 rings (SSSR count). The zero-order chi connectivity index (χ0) is 17.8. The largest absolute Gasteiger partial charge is 0.286 e. The standard InChI is InChI=1S/C19H17N5S/c1-2-4-17(25)16-8-9-18(20)24(23-16)19(21)12-13-6-7-15-14(11-13)5-3-10-22-15/h2-11,20-21,25H,1,12H2/b17-4-,20-18?,21-19?. The molecule has 2 aromatic heterocycles. The van der Waals surface area contributed by atoms with Gasteiger partial charge in [0.05, 0.1) is 11.2 Å². The second-order valence-electron chi connectivity index (χ2n) is 5.46. The third-order valence-corrected chi connectivity index (χ3v) is 4.05. The molecule has 0 spiro atoms. The summed E-state index contributed by atoms with van der Waals surface area (Å²) in [4.78, 5) is 4.93. The Bertz CT molecular complexity index is 1050. The van der Waals surface area contributed by atoms with Crippen molar-refractivity contribution in [1.82, 2.24) is 14.8 Å². The first-order valence-corrected chi connectivity index (χ1v) is 8.11. The number of allylic oxidation sites excluding steroid dienone is 2. The van der Waals surface area contributed by atoms with E-state index in [1.807, 2.05) is 30.3 Å². The van der Waals surface area contributed by atoms with Crippen molar-refractivity contribution >= 4 is 34.3 Å². The van der Waals surface area contributed by atoms with Crippen LogP contribution in [0.4, 0.5) is 0 Å². The molecule has 0 bridgehead atoms. The average molecular weight is 347 g/mol. The number of hydrogen-bond acceptors (Lipinski definition) is 5. The fourth-order valence-corrected chi connectivity index (χ4v) is 2.69. The van der Waals surface area contributed by atoms with E-state index in [2.05, 4.69) is 29.3 Å². The number of nitrogens with one attached hydrogen (secondary N) is 2. The molecule has 0 unspecified atom stereocenters. The Morgan fingerprint density at radius 1 is 1.24 bits per heavy atom. The number of fused-ring (bicyclic) bond motifs is 1. The van der Waals surface area contributed by atoms with Crippen molar-refractivity contribution in [3.8, 4) is 0 Å². The average Bonchev–Trinajstić information content (AvgIpc) is 2.62. The van der Waals surface area contributed by atoms with E-state index in [0.29, 0.717) is 17.0 Å². The molecule has 1 aromatic carbocycles. The van der Waals surface area contributed by atoms with E-state index in [0.717, 1.165) is 16.5 Å². The van der Waals surface area contributed by atoms with Crippen LogP contribution in [0.3, 0.4) is 0 Å². The van der Waals surface area contributed by atoms with Gasteiger partial charge in [-0.05, 0) is 42.0 Å². The molecule has 2 N–H and O–H groups in total. The molecule has 2 heterocycles. The topological polar surface area (TPSA) is 78.4 Å². The van der Waals surface area contributed by atoms with E-state index in [1.54, 1.807) is 30.5 Å². The van der Waals surface area contributed by atoms with Gasteiger partial charge >= 0.3 is 0 Å². The highest BCUT2D eigenvalue weighted by molar-refractivity contribution is 7.90. The number of hydrogen-bond donors (Lipinski definition) is 3. The van der Waals surface area contributed by atoms with Gasteiger partial charge in [0.2, 0.25) is 0 Å². The quantitative estimate of drug-likeness (QED) is 0.293. The lowest BCUT2D eigenvalue weighted by Gasteiger charge is -2.10. The molecular formula is C19H17N5S. The predicted molar refractivity (Wildman–Crippen MR) is 104 cm³/mol. The van der Waals surface area contributed by atoms with Crippen LogP contribution in [-0.2, 0) is 6.42 Å². The number of benzene rings is 1.